The number of alkyl halides is 1. The van der Waals surface area contributed by atoms with Gasteiger partial charge in [-0.15, -0.1) is 11.6 Å². The fourth-order valence-corrected chi connectivity index (χ4v) is 2.89. The number of benzene rings is 1. The molecule has 0 radical (unpaired) electrons. The zero-order valence-electron chi connectivity index (χ0n) is 8.76. The van der Waals surface area contributed by atoms with Gasteiger partial charge >= 0.3 is 0 Å². The monoisotopic (exact) mass is 278 g/mol. The number of ether oxygens (including phenoxy) is 1. The third kappa shape index (κ3) is 2.84. The highest BCUT2D eigenvalue weighted by Gasteiger charge is 2.25. The van der Waals surface area contributed by atoms with Gasteiger partial charge in [-0.1, -0.05) is 29.3 Å². The van der Waals surface area contributed by atoms with Gasteiger partial charge in [0.25, 0.3) is 0 Å². The Hall–Kier alpha value is 0.0500. The van der Waals surface area contributed by atoms with Crippen molar-refractivity contribution in [1.82, 2.24) is 0 Å². The van der Waals surface area contributed by atoms with Crippen LogP contribution in [0.5, 0.6) is 0 Å². The average Bonchev–Trinajstić information content (AvgIpc) is 2.29. The zero-order chi connectivity index (χ0) is 11.5. The molecule has 0 aliphatic carbocycles. The van der Waals surface area contributed by atoms with Crippen molar-refractivity contribution in [2.24, 2.45) is 0 Å². The van der Waals surface area contributed by atoms with Crippen molar-refractivity contribution in [2.75, 3.05) is 6.61 Å². The van der Waals surface area contributed by atoms with Crippen LogP contribution in [0.3, 0.4) is 0 Å². The molecule has 0 aromatic heterocycles. The molecule has 2 rings (SSSR count). The number of hydrogen-bond acceptors (Lipinski definition) is 1. The predicted molar refractivity (Wildman–Crippen MR) is 68.6 cm³/mol. The van der Waals surface area contributed by atoms with Crippen LogP contribution >= 0.6 is 34.8 Å². The van der Waals surface area contributed by atoms with E-state index in [2.05, 4.69) is 0 Å². The zero-order valence-corrected chi connectivity index (χ0v) is 11.0. The first-order valence-electron chi connectivity index (χ1n) is 5.39. The SMILES string of the molecule is Clc1ccc(C(Cl)C2CCCCO2)c(Cl)c1. The first-order valence-corrected chi connectivity index (χ1v) is 6.58. The van der Waals surface area contributed by atoms with Gasteiger partial charge in [0.05, 0.1) is 11.5 Å². The molecule has 1 aromatic carbocycles. The minimum atomic E-state index is -0.190. The van der Waals surface area contributed by atoms with E-state index in [4.69, 9.17) is 39.5 Å². The Kier molecular flexibility index (Phi) is 4.37. The van der Waals surface area contributed by atoms with Crippen molar-refractivity contribution in [3.05, 3.63) is 33.8 Å². The van der Waals surface area contributed by atoms with Crippen LogP contribution in [0.4, 0.5) is 0 Å². The van der Waals surface area contributed by atoms with E-state index < -0.39 is 0 Å². The molecule has 88 valence electrons. The summed E-state index contributed by atoms with van der Waals surface area (Å²) in [5, 5.41) is 1.05. The Morgan fingerprint density at radius 3 is 2.69 bits per heavy atom. The summed E-state index contributed by atoms with van der Waals surface area (Å²) in [6.45, 7) is 0.791. The summed E-state index contributed by atoms with van der Waals surface area (Å²) in [6, 6.07) is 5.40. The highest BCUT2D eigenvalue weighted by molar-refractivity contribution is 6.35. The normalized spacial score (nSPS) is 23.1. The van der Waals surface area contributed by atoms with Crippen LogP contribution in [0.2, 0.25) is 10.0 Å². The van der Waals surface area contributed by atoms with Crippen LogP contribution in [-0.4, -0.2) is 12.7 Å². The van der Waals surface area contributed by atoms with Crippen LogP contribution in [-0.2, 0) is 4.74 Å². The summed E-state index contributed by atoms with van der Waals surface area (Å²) in [7, 11) is 0. The summed E-state index contributed by atoms with van der Waals surface area (Å²) in [5.41, 5.74) is 0.902. The van der Waals surface area contributed by atoms with Crippen LogP contribution in [0, 0.1) is 0 Å². The van der Waals surface area contributed by atoms with Gasteiger partial charge in [0.15, 0.2) is 0 Å². The molecule has 1 aromatic rings. The molecular formula is C12H13Cl3O. The third-order valence-electron chi connectivity index (χ3n) is 2.80. The Balaban J connectivity index is 2.15. The van der Waals surface area contributed by atoms with E-state index in [0.29, 0.717) is 10.0 Å². The van der Waals surface area contributed by atoms with E-state index in [1.165, 1.54) is 6.42 Å². The maximum Gasteiger partial charge on any atom is 0.0861 e. The molecule has 1 aliphatic rings. The van der Waals surface area contributed by atoms with Gasteiger partial charge in [0, 0.05) is 16.7 Å². The quantitative estimate of drug-likeness (QED) is 0.704. The Labute approximate surface area is 111 Å². The lowest BCUT2D eigenvalue weighted by molar-refractivity contribution is 0.0136. The van der Waals surface area contributed by atoms with Crippen molar-refractivity contribution in [3.63, 3.8) is 0 Å². The molecule has 4 heteroatoms. The first kappa shape index (κ1) is 12.5. The summed E-state index contributed by atoms with van der Waals surface area (Å²) in [5.74, 6) is 0. The standard InChI is InChI=1S/C12H13Cl3O/c13-8-4-5-9(10(14)7-8)12(15)11-3-1-2-6-16-11/h4-5,7,11-12H,1-3,6H2. The second-order valence-corrected chi connectivity index (χ2v) is 5.29. The van der Waals surface area contributed by atoms with Gasteiger partial charge in [-0.25, -0.2) is 0 Å². The summed E-state index contributed by atoms with van der Waals surface area (Å²) in [6.07, 6.45) is 3.34. The molecular weight excluding hydrogens is 266 g/mol. The summed E-state index contributed by atoms with van der Waals surface area (Å²) in [4.78, 5) is 0. The maximum atomic E-state index is 6.39. The lowest BCUT2D eigenvalue weighted by Crippen LogP contribution is -2.23. The highest BCUT2D eigenvalue weighted by atomic mass is 35.5. The molecule has 2 atom stereocenters. The molecule has 0 N–H and O–H groups in total. The minimum Gasteiger partial charge on any atom is -0.376 e. The first-order chi connectivity index (χ1) is 7.68. The third-order valence-corrected chi connectivity index (χ3v) is 3.88. The molecule has 1 heterocycles. The number of rotatable bonds is 2. The van der Waals surface area contributed by atoms with Crippen molar-refractivity contribution in [2.45, 2.75) is 30.7 Å². The van der Waals surface area contributed by atoms with E-state index in [1.807, 2.05) is 6.07 Å². The molecule has 16 heavy (non-hydrogen) atoms. The van der Waals surface area contributed by atoms with Gasteiger partial charge in [-0.2, -0.15) is 0 Å². The lowest BCUT2D eigenvalue weighted by atomic mass is 10.0. The Morgan fingerprint density at radius 2 is 2.06 bits per heavy atom. The van der Waals surface area contributed by atoms with Gasteiger partial charge in [-0.05, 0) is 37.0 Å². The van der Waals surface area contributed by atoms with Gasteiger partial charge in [-0.3, -0.25) is 0 Å². The van der Waals surface area contributed by atoms with Crippen LogP contribution < -0.4 is 0 Å². The largest absolute Gasteiger partial charge is 0.376 e. The van der Waals surface area contributed by atoms with Gasteiger partial charge in [0.2, 0.25) is 0 Å². The Bertz CT molecular complexity index is 361. The minimum absolute atomic E-state index is 0.0640. The Morgan fingerprint density at radius 1 is 1.25 bits per heavy atom. The van der Waals surface area contributed by atoms with Crippen LogP contribution in [0.25, 0.3) is 0 Å². The maximum absolute atomic E-state index is 6.39. The van der Waals surface area contributed by atoms with E-state index in [9.17, 15) is 0 Å². The van der Waals surface area contributed by atoms with Gasteiger partial charge < -0.3 is 4.74 Å². The highest BCUT2D eigenvalue weighted by Crippen LogP contribution is 2.36. The molecule has 0 spiro atoms. The molecule has 1 nitrogen and oxygen atoms in total. The van der Waals surface area contributed by atoms with E-state index in [-0.39, 0.29) is 11.5 Å². The molecule has 2 unspecified atom stereocenters. The number of halogens is 3. The van der Waals surface area contributed by atoms with E-state index in [0.717, 1.165) is 25.0 Å². The second-order valence-electron chi connectivity index (χ2n) is 3.97. The van der Waals surface area contributed by atoms with Crippen LogP contribution in [0.1, 0.15) is 30.2 Å². The summed E-state index contributed by atoms with van der Waals surface area (Å²) < 4.78 is 5.66. The molecule has 1 saturated heterocycles. The van der Waals surface area contributed by atoms with Crippen molar-refractivity contribution >= 4 is 34.8 Å². The molecule has 0 saturated carbocycles. The summed E-state index contributed by atoms with van der Waals surface area (Å²) >= 11 is 18.4. The van der Waals surface area contributed by atoms with E-state index >= 15 is 0 Å². The van der Waals surface area contributed by atoms with Crippen molar-refractivity contribution in [1.29, 1.82) is 0 Å². The fourth-order valence-electron chi connectivity index (χ4n) is 1.92. The second kappa shape index (κ2) is 5.59. The predicted octanol–water partition coefficient (Wildman–Crippen LogP) is 4.84. The molecule has 0 bridgehead atoms. The van der Waals surface area contributed by atoms with E-state index in [1.54, 1.807) is 12.1 Å². The van der Waals surface area contributed by atoms with Crippen molar-refractivity contribution < 1.29 is 4.74 Å². The molecule has 1 aliphatic heterocycles. The smallest absolute Gasteiger partial charge is 0.0861 e. The average molecular weight is 280 g/mol. The fraction of sp³-hybridized carbons (Fsp3) is 0.500. The number of hydrogen-bond donors (Lipinski definition) is 0. The molecule has 0 amide bonds. The van der Waals surface area contributed by atoms with Crippen LogP contribution in [0.15, 0.2) is 18.2 Å². The van der Waals surface area contributed by atoms with Crippen molar-refractivity contribution in [3.8, 4) is 0 Å². The molecule has 1 fully saturated rings. The topological polar surface area (TPSA) is 9.23 Å². The lowest BCUT2D eigenvalue weighted by Gasteiger charge is -2.27. The van der Waals surface area contributed by atoms with Gasteiger partial charge in [0.1, 0.15) is 0 Å².